The first-order valence-corrected chi connectivity index (χ1v) is 10.2. The highest BCUT2D eigenvalue weighted by molar-refractivity contribution is 5.94. The van der Waals surface area contributed by atoms with E-state index in [1.807, 2.05) is 13.8 Å². The van der Waals surface area contributed by atoms with Crippen LogP contribution < -0.4 is 26.0 Å². The van der Waals surface area contributed by atoms with E-state index in [4.69, 9.17) is 14.2 Å². The fraction of sp³-hybridized carbons (Fsp3) is 0.409. The lowest BCUT2D eigenvalue weighted by molar-refractivity contribution is -0.136. The fourth-order valence-corrected chi connectivity index (χ4v) is 3.58. The summed E-state index contributed by atoms with van der Waals surface area (Å²) in [5.41, 5.74) is 0.286. The average molecular weight is 429 g/mol. The van der Waals surface area contributed by atoms with Gasteiger partial charge in [0.05, 0.1) is 37.4 Å². The molecule has 2 heterocycles. The lowest BCUT2D eigenvalue weighted by Crippen LogP contribution is -2.35. The van der Waals surface area contributed by atoms with Gasteiger partial charge in [-0.25, -0.2) is 9.59 Å². The van der Waals surface area contributed by atoms with Crippen molar-refractivity contribution >= 4 is 11.8 Å². The fourth-order valence-electron chi connectivity index (χ4n) is 3.58. The molecule has 0 fully saturated rings. The second-order valence-electron chi connectivity index (χ2n) is 7.18. The molecule has 0 radical (unpaired) electrons. The van der Waals surface area contributed by atoms with Crippen LogP contribution in [0, 0.1) is 0 Å². The van der Waals surface area contributed by atoms with E-state index in [2.05, 4.69) is 15.3 Å². The van der Waals surface area contributed by atoms with Crippen LogP contribution in [-0.4, -0.2) is 36.3 Å². The number of nitrogens with one attached hydrogen (secondary N) is 3. The highest BCUT2D eigenvalue weighted by Crippen LogP contribution is 2.43. The van der Waals surface area contributed by atoms with Gasteiger partial charge in [0.15, 0.2) is 0 Å². The first-order chi connectivity index (χ1) is 14.9. The van der Waals surface area contributed by atoms with Crippen LogP contribution in [0.2, 0.25) is 0 Å². The van der Waals surface area contributed by atoms with Gasteiger partial charge in [-0.05, 0) is 25.8 Å². The SMILES string of the molecule is CCCOc1ccc(C2C(C(=O)OC)=C(C)Nc3[nH]c(=O)[nH]c(=O)c32)c(OCCC)c1. The number of benzene rings is 1. The van der Waals surface area contributed by atoms with Crippen molar-refractivity contribution in [2.45, 2.75) is 39.5 Å². The summed E-state index contributed by atoms with van der Waals surface area (Å²) < 4.78 is 16.7. The molecule has 1 aliphatic rings. The Balaban J connectivity index is 2.25. The van der Waals surface area contributed by atoms with Crippen molar-refractivity contribution in [2.24, 2.45) is 0 Å². The predicted octanol–water partition coefficient (Wildman–Crippen LogP) is 2.65. The molecule has 1 aliphatic heterocycles. The molecule has 166 valence electrons. The third kappa shape index (κ3) is 4.50. The molecule has 1 atom stereocenters. The summed E-state index contributed by atoms with van der Waals surface area (Å²) in [5, 5.41) is 2.95. The molecule has 9 nitrogen and oxygen atoms in total. The molecule has 0 aliphatic carbocycles. The highest BCUT2D eigenvalue weighted by atomic mass is 16.5. The maximum Gasteiger partial charge on any atom is 0.336 e. The van der Waals surface area contributed by atoms with Crippen LogP contribution in [0.1, 0.15) is 50.7 Å². The second kappa shape index (κ2) is 9.55. The van der Waals surface area contributed by atoms with E-state index >= 15 is 0 Å². The molecule has 31 heavy (non-hydrogen) atoms. The normalized spacial score (nSPS) is 15.2. The van der Waals surface area contributed by atoms with Crippen LogP contribution >= 0.6 is 0 Å². The van der Waals surface area contributed by atoms with E-state index < -0.39 is 23.1 Å². The summed E-state index contributed by atoms with van der Waals surface area (Å²) in [6.07, 6.45) is 1.63. The molecule has 0 bridgehead atoms. The number of hydrogen-bond donors (Lipinski definition) is 3. The zero-order chi connectivity index (χ0) is 22.5. The number of carbonyl (C=O) groups excluding carboxylic acids is 1. The molecular formula is C22H27N3O6. The Morgan fingerprint density at radius 2 is 1.77 bits per heavy atom. The smallest absolute Gasteiger partial charge is 0.336 e. The number of ether oxygens (including phenoxy) is 3. The summed E-state index contributed by atoms with van der Waals surface area (Å²) in [7, 11) is 1.28. The molecule has 1 unspecified atom stereocenters. The Bertz CT molecular complexity index is 1110. The van der Waals surface area contributed by atoms with Crippen LogP contribution in [0.5, 0.6) is 11.5 Å². The number of carbonyl (C=O) groups is 1. The van der Waals surface area contributed by atoms with Gasteiger partial charge in [-0.2, -0.15) is 0 Å². The summed E-state index contributed by atoms with van der Waals surface area (Å²) in [5.74, 6) is -0.0401. The number of esters is 1. The molecule has 0 saturated heterocycles. The third-order valence-electron chi connectivity index (χ3n) is 4.91. The Labute approximate surface area is 179 Å². The van der Waals surface area contributed by atoms with E-state index in [0.29, 0.717) is 36.0 Å². The van der Waals surface area contributed by atoms with Crippen LogP contribution in [0.25, 0.3) is 0 Å². The highest BCUT2D eigenvalue weighted by Gasteiger charge is 2.37. The average Bonchev–Trinajstić information content (AvgIpc) is 2.74. The minimum Gasteiger partial charge on any atom is -0.493 e. The maximum atomic E-state index is 12.8. The standard InChI is InChI=1S/C22H27N3O6/c1-5-9-30-13-7-8-14(15(11-13)31-10-6-2)17-16(21(27)29-4)12(3)23-19-18(17)20(26)25-22(28)24-19/h7-8,11,17H,5-6,9-10H2,1-4H3,(H3,23,24,25,26,28). The second-order valence-corrected chi connectivity index (χ2v) is 7.18. The summed E-state index contributed by atoms with van der Waals surface area (Å²) >= 11 is 0. The van der Waals surface area contributed by atoms with Gasteiger partial charge in [0.1, 0.15) is 17.3 Å². The van der Waals surface area contributed by atoms with Crippen molar-refractivity contribution in [1.82, 2.24) is 9.97 Å². The summed E-state index contributed by atoms with van der Waals surface area (Å²) in [6.45, 7) is 6.68. The quantitative estimate of drug-likeness (QED) is 0.551. The summed E-state index contributed by atoms with van der Waals surface area (Å²) in [6, 6.07) is 5.30. The zero-order valence-electron chi connectivity index (χ0n) is 18.1. The van der Waals surface area contributed by atoms with Crippen LogP contribution in [-0.2, 0) is 9.53 Å². The molecule has 2 aromatic rings. The van der Waals surface area contributed by atoms with Gasteiger partial charge in [0, 0.05) is 17.3 Å². The number of hydrogen-bond acceptors (Lipinski definition) is 7. The van der Waals surface area contributed by atoms with Gasteiger partial charge in [-0.1, -0.05) is 19.9 Å². The number of aromatic nitrogens is 2. The monoisotopic (exact) mass is 429 g/mol. The molecule has 9 heteroatoms. The maximum absolute atomic E-state index is 12.8. The molecule has 3 N–H and O–H groups in total. The van der Waals surface area contributed by atoms with Gasteiger partial charge in [0.2, 0.25) is 0 Å². The van der Waals surface area contributed by atoms with E-state index in [1.165, 1.54) is 7.11 Å². The molecule has 0 saturated carbocycles. The lowest BCUT2D eigenvalue weighted by atomic mass is 9.82. The molecule has 0 amide bonds. The van der Waals surface area contributed by atoms with Crippen molar-refractivity contribution in [3.63, 3.8) is 0 Å². The first-order valence-electron chi connectivity index (χ1n) is 10.2. The molecule has 3 rings (SSSR count). The number of fused-ring (bicyclic) bond motifs is 1. The lowest BCUT2D eigenvalue weighted by Gasteiger charge is -2.29. The molecular weight excluding hydrogens is 402 g/mol. The van der Waals surface area contributed by atoms with Gasteiger partial charge >= 0.3 is 11.7 Å². The van der Waals surface area contributed by atoms with Gasteiger partial charge < -0.3 is 19.5 Å². The first kappa shape index (κ1) is 22.2. The van der Waals surface area contributed by atoms with Gasteiger partial charge in [0.25, 0.3) is 5.56 Å². The number of H-pyrrole nitrogens is 2. The Kier molecular flexibility index (Phi) is 6.84. The third-order valence-corrected chi connectivity index (χ3v) is 4.91. The van der Waals surface area contributed by atoms with Gasteiger partial charge in [-0.3, -0.25) is 14.8 Å². The number of aromatic amines is 2. The number of rotatable bonds is 8. The van der Waals surface area contributed by atoms with Crippen molar-refractivity contribution in [3.05, 3.63) is 61.4 Å². The van der Waals surface area contributed by atoms with E-state index in [0.717, 1.165) is 12.8 Å². The zero-order valence-corrected chi connectivity index (χ0v) is 18.1. The summed E-state index contributed by atoms with van der Waals surface area (Å²) in [4.78, 5) is 42.2. The van der Waals surface area contributed by atoms with Crippen LogP contribution in [0.4, 0.5) is 5.82 Å². The molecule has 1 aromatic carbocycles. The number of methoxy groups -OCH3 is 1. The van der Waals surface area contributed by atoms with Crippen molar-refractivity contribution in [2.75, 3.05) is 25.6 Å². The minimum atomic E-state index is -0.809. The number of anilines is 1. The van der Waals surface area contributed by atoms with Crippen molar-refractivity contribution in [1.29, 1.82) is 0 Å². The largest absolute Gasteiger partial charge is 0.493 e. The van der Waals surface area contributed by atoms with E-state index in [9.17, 15) is 14.4 Å². The Morgan fingerprint density at radius 1 is 1.06 bits per heavy atom. The topological polar surface area (TPSA) is 123 Å². The Morgan fingerprint density at radius 3 is 2.45 bits per heavy atom. The van der Waals surface area contributed by atoms with Crippen LogP contribution in [0.15, 0.2) is 39.1 Å². The minimum absolute atomic E-state index is 0.203. The Hall–Kier alpha value is -3.49. The predicted molar refractivity (Wildman–Crippen MR) is 116 cm³/mol. The molecule has 1 aromatic heterocycles. The van der Waals surface area contributed by atoms with Gasteiger partial charge in [-0.15, -0.1) is 0 Å². The van der Waals surface area contributed by atoms with E-state index in [1.54, 1.807) is 25.1 Å². The van der Waals surface area contributed by atoms with Crippen molar-refractivity contribution < 1.29 is 19.0 Å². The van der Waals surface area contributed by atoms with Crippen molar-refractivity contribution in [3.8, 4) is 11.5 Å². The van der Waals surface area contributed by atoms with Crippen LogP contribution in [0.3, 0.4) is 0 Å². The number of allylic oxidation sites excluding steroid dienone is 1. The molecule has 0 spiro atoms. The van der Waals surface area contributed by atoms with E-state index in [-0.39, 0.29) is 17.0 Å².